The lowest BCUT2D eigenvalue weighted by Gasteiger charge is -2.17. The van der Waals surface area contributed by atoms with Gasteiger partial charge in [-0.1, -0.05) is 41.9 Å². The molecule has 0 aliphatic rings. The summed E-state index contributed by atoms with van der Waals surface area (Å²) in [4.78, 5) is 12.3. The summed E-state index contributed by atoms with van der Waals surface area (Å²) in [5.74, 6) is 0.325. The van der Waals surface area contributed by atoms with Crippen LogP contribution in [0.1, 0.15) is 20.3 Å². The van der Waals surface area contributed by atoms with Crippen LogP contribution >= 0.6 is 15.9 Å². The quantitative estimate of drug-likeness (QED) is 0.852. The third kappa shape index (κ3) is 4.29. The topological polar surface area (TPSA) is 55.1 Å². The minimum absolute atomic E-state index is 0.00246. The lowest BCUT2D eigenvalue weighted by Crippen LogP contribution is -2.30. The summed E-state index contributed by atoms with van der Waals surface area (Å²) in [6.45, 7) is 4.58. The number of fused-ring (bicyclic) bond motifs is 1. The normalized spacial score (nSPS) is 12.6. The van der Waals surface area contributed by atoms with Gasteiger partial charge < -0.3 is 11.1 Å². The van der Waals surface area contributed by atoms with E-state index in [4.69, 9.17) is 5.73 Å². The van der Waals surface area contributed by atoms with Crippen LogP contribution in [0.15, 0.2) is 40.9 Å². The molecule has 3 N–H and O–H groups in total. The Bertz CT molecular complexity index is 640. The molecule has 21 heavy (non-hydrogen) atoms. The molecular weight excluding hydrogens is 328 g/mol. The molecular formula is C17H21BrN2O. The number of hydrogen-bond acceptors (Lipinski definition) is 2. The highest BCUT2D eigenvalue weighted by atomic mass is 79.9. The maximum absolute atomic E-state index is 12.3. The second-order valence-electron chi connectivity index (χ2n) is 5.76. The zero-order chi connectivity index (χ0) is 15.4. The van der Waals surface area contributed by atoms with Gasteiger partial charge in [0.25, 0.3) is 0 Å². The number of nitrogens with one attached hydrogen (secondary N) is 1. The van der Waals surface area contributed by atoms with Gasteiger partial charge in [0.1, 0.15) is 0 Å². The Balaban J connectivity index is 2.15. The second-order valence-corrected chi connectivity index (χ2v) is 6.67. The van der Waals surface area contributed by atoms with Crippen LogP contribution in [0, 0.1) is 11.8 Å². The molecule has 0 spiro atoms. The number of carbonyl (C=O) groups excluding carboxylic acids is 1. The number of halogens is 1. The third-order valence-corrected chi connectivity index (χ3v) is 3.97. The molecule has 0 fully saturated rings. The SMILES string of the molecule is CC(C)CC(CN)C(=O)Nc1ccc2cc(Br)ccc2c1. The Labute approximate surface area is 134 Å². The van der Waals surface area contributed by atoms with Crippen LogP contribution in [0.2, 0.25) is 0 Å². The molecule has 0 saturated carbocycles. The fourth-order valence-corrected chi connectivity index (χ4v) is 2.80. The molecule has 2 rings (SSSR count). The third-order valence-electron chi connectivity index (χ3n) is 3.48. The van der Waals surface area contributed by atoms with Crippen molar-refractivity contribution >= 4 is 38.3 Å². The number of carbonyl (C=O) groups is 1. The van der Waals surface area contributed by atoms with E-state index in [0.29, 0.717) is 12.5 Å². The molecule has 1 unspecified atom stereocenters. The van der Waals surface area contributed by atoms with Crippen LogP contribution < -0.4 is 11.1 Å². The van der Waals surface area contributed by atoms with E-state index in [2.05, 4.69) is 41.2 Å². The lowest BCUT2D eigenvalue weighted by atomic mass is 9.96. The highest BCUT2D eigenvalue weighted by Gasteiger charge is 2.18. The Morgan fingerprint density at radius 1 is 1.19 bits per heavy atom. The van der Waals surface area contributed by atoms with E-state index in [1.807, 2.05) is 30.3 Å². The highest BCUT2D eigenvalue weighted by Crippen LogP contribution is 2.23. The molecule has 0 heterocycles. The van der Waals surface area contributed by atoms with Crippen molar-refractivity contribution in [3.8, 4) is 0 Å². The standard InChI is InChI=1S/C17H21BrN2O/c1-11(2)7-14(10-19)17(21)20-16-6-4-12-8-15(18)5-3-13(12)9-16/h3-6,8-9,11,14H,7,10,19H2,1-2H3,(H,20,21). The predicted molar refractivity (Wildman–Crippen MR) is 92.3 cm³/mol. The maximum Gasteiger partial charge on any atom is 0.228 e. The monoisotopic (exact) mass is 348 g/mol. The van der Waals surface area contributed by atoms with Crippen molar-refractivity contribution in [2.24, 2.45) is 17.6 Å². The summed E-state index contributed by atoms with van der Waals surface area (Å²) in [6.07, 6.45) is 0.808. The Kier molecular flexibility index (Phi) is 5.37. The number of hydrogen-bond donors (Lipinski definition) is 2. The maximum atomic E-state index is 12.3. The molecule has 4 heteroatoms. The Morgan fingerprint density at radius 3 is 2.52 bits per heavy atom. The van der Waals surface area contributed by atoms with Gasteiger partial charge in [0.15, 0.2) is 0 Å². The lowest BCUT2D eigenvalue weighted by molar-refractivity contribution is -0.120. The molecule has 1 atom stereocenters. The van der Waals surface area contributed by atoms with E-state index in [1.165, 1.54) is 0 Å². The van der Waals surface area contributed by atoms with Crippen molar-refractivity contribution in [3.05, 3.63) is 40.9 Å². The van der Waals surface area contributed by atoms with E-state index >= 15 is 0 Å². The molecule has 0 aliphatic carbocycles. The Morgan fingerprint density at radius 2 is 1.86 bits per heavy atom. The van der Waals surface area contributed by atoms with Crippen molar-refractivity contribution in [2.45, 2.75) is 20.3 Å². The molecule has 0 aromatic heterocycles. The summed E-state index contributed by atoms with van der Waals surface area (Å²) in [5.41, 5.74) is 6.53. The number of nitrogens with two attached hydrogens (primary N) is 1. The predicted octanol–water partition coefficient (Wildman–Crippen LogP) is 4.16. The zero-order valence-electron chi connectivity index (χ0n) is 12.4. The number of amides is 1. The minimum Gasteiger partial charge on any atom is -0.330 e. The van der Waals surface area contributed by atoms with Gasteiger partial charge in [-0.15, -0.1) is 0 Å². The summed E-state index contributed by atoms with van der Waals surface area (Å²) >= 11 is 3.46. The van der Waals surface area contributed by atoms with Gasteiger partial charge in [0, 0.05) is 16.7 Å². The minimum atomic E-state index is -0.134. The first-order valence-corrected chi connectivity index (χ1v) is 7.99. The fraction of sp³-hybridized carbons (Fsp3) is 0.353. The number of rotatable bonds is 5. The first kappa shape index (κ1) is 16.0. The summed E-state index contributed by atoms with van der Waals surface area (Å²) in [6, 6.07) is 12.0. The van der Waals surface area contributed by atoms with Crippen LogP contribution in [0.5, 0.6) is 0 Å². The van der Waals surface area contributed by atoms with E-state index in [1.54, 1.807) is 0 Å². The first-order valence-electron chi connectivity index (χ1n) is 7.20. The molecule has 1 amide bonds. The Hall–Kier alpha value is -1.39. The molecule has 2 aromatic carbocycles. The average molecular weight is 349 g/mol. The smallest absolute Gasteiger partial charge is 0.228 e. The van der Waals surface area contributed by atoms with Crippen molar-refractivity contribution in [1.29, 1.82) is 0 Å². The van der Waals surface area contributed by atoms with Crippen molar-refractivity contribution in [1.82, 2.24) is 0 Å². The van der Waals surface area contributed by atoms with Crippen molar-refractivity contribution < 1.29 is 4.79 Å². The summed E-state index contributed by atoms with van der Waals surface area (Å²) in [5, 5.41) is 5.21. The van der Waals surface area contributed by atoms with E-state index in [9.17, 15) is 4.79 Å². The van der Waals surface area contributed by atoms with E-state index < -0.39 is 0 Å². The molecule has 3 nitrogen and oxygen atoms in total. The molecule has 2 aromatic rings. The number of anilines is 1. The van der Waals surface area contributed by atoms with Crippen LogP contribution in [-0.4, -0.2) is 12.5 Å². The van der Waals surface area contributed by atoms with Gasteiger partial charge in [0.2, 0.25) is 5.91 Å². The largest absolute Gasteiger partial charge is 0.330 e. The molecule has 0 saturated heterocycles. The van der Waals surface area contributed by atoms with Crippen molar-refractivity contribution in [3.63, 3.8) is 0 Å². The first-order chi connectivity index (χ1) is 9.99. The molecule has 0 radical (unpaired) electrons. The number of benzene rings is 2. The summed E-state index contributed by atoms with van der Waals surface area (Å²) in [7, 11) is 0. The van der Waals surface area contributed by atoms with Crippen LogP contribution in [0.3, 0.4) is 0 Å². The van der Waals surface area contributed by atoms with Gasteiger partial charge in [-0.2, -0.15) is 0 Å². The van der Waals surface area contributed by atoms with E-state index in [0.717, 1.165) is 27.4 Å². The average Bonchev–Trinajstić information content (AvgIpc) is 2.44. The molecule has 112 valence electrons. The van der Waals surface area contributed by atoms with Crippen LogP contribution in [-0.2, 0) is 4.79 Å². The van der Waals surface area contributed by atoms with Crippen LogP contribution in [0.4, 0.5) is 5.69 Å². The van der Waals surface area contributed by atoms with Crippen molar-refractivity contribution in [2.75, 3.05) is 11.9 Å². The zero-order valence-corrected chi connectivity index (χ0v) is 14.0. The van der Waals surface area contributed by atoms with Crippen LogP contribution in [0.25, 0.3) is 10.8 Å². The van der Waals surface area contributed by atoms with Gasteiger partial charge in [-0.25, -0.2) is 0 Å². The molecule has 0 aliphatic heterocycles. The van der Waals surface area contributed by atoms with E-state index in [-0.39, 0.29) is 11.8 Å². The van der Waals surface area contributed by atoms with Gasteiger partial charge in [-0.3, -0.25) is 4.79 Å². The highest BCUT2D eigenvalue weighted by molar-refractivity contribution is 9.10. The summed E-state index contributed by atoms with van der Waals surface area (Å²) < 4.78 is 1.05. The van der Waals surface area contributed by atoms with Gasteiger partial charge >= 0.3 is 0 Å². The molecule has 0 bridgehead atoms. The second kappa shape index (κ2) is 7.05. The fourth-order valence-electron chi connectivity index (χ4n) is 2.42. The van der Waals surface area contributed by atoms with Gasteiger partial charge in [0.05, 0.1) is 5.92 Å². The van der Waals surface area contributed by atoms with Gasteiger partial charge in [-0.05, 0) is 47.4 Å².